The van der Waals surface area contributed by atoms with Gasteiger partial charge in [-0.15, -0.1) is 0 Å². The highest BCUT2D eigenvalue weighted by atomic mass is 14.3. The molecule has 0 aromatic rings. The van der Waals surface area contributed by atoms with Crippen molar-refractivity contribution in [1.29, 1.82) is 0 Å². The topological polar surface area (TPSA) is 0 Å². The predicted molar refractivity (Wildman–Crippen MR) is 48.5 cm³/mol. The summed E-state index contributed by atoms with van der Waals surface area (Å²) in [5.41, 5.74) is 0. The third kappa shape index (κ3) is 1.77. The van der Waals surface area contributed by atoms with Gasteiger partial charge in [0.05, 0.1) is 0 Å². The predicted octanol–water partition coefficient (Wildman–Crippen LogP) is 3.61. The Morgan fingerprint density at radius 2 is 1.64 bits per heavy atom. The van der Waals surface area contributed by atoms with Crippen molar-refractivity contribution in [2.45, 2.75) is 51.9 Å². The van der Waals surface area contributed by atoms with Gasteiger partial charge in [-0.1, -0.05) is 39.0 Å². The fourth-order valence-electron chi connectivity index (χ4n) is 3.10. The van der Waals surface area contributed by atoms with Crippen LogP contribution in [0.3, 0.4) is 0 Å². The minimum atomic E-state index is 1.03. The molecule has 0 spiro atoms. The Kier molecular flexibility index (Phi) is 2.20. The van der Waals surface area contributed by atoms with Crippen molar-refractivity contribution < 1.29 is 0 Å². The summed E-state index contributed by atoms with van der Waals surface area (Å²) in [5.74, 6) is 3.28. The van der Waals surface area contributed by atoms with Crippen molar-refractivity contribution in [2.75, 3.05) is 0 Å². The molecule has 2 saturated carbocycles. The third-order valence-electron chi connectivity index (χ3n) is 3.69. The van der Waals surface area contributed by atoms with E-state index >= 15 is 0 Å². The normalized spacial score (nSPS) is 45.0. The van der Waals surface area contributed by atoms with Crippen LogP contribution < -0.4 is 0 Å². The van der Waals surface area contributed by atoms with E-state index in [0.717, 1.165) is 17.8 Å². The van der Waals surface area contributed by atoms with Gasteiger partial charge >= 0.3 is 0 Å². The van der Waals surface area contributed by atoms with Crippen molar-refractivity contribution in [1.82, 2.24) is 0 Å². The van der Waals surface area contributed by atoms with Gasteiger partial charge in [0, 0.05) is 0 Å². The van der Waals surface area contributed by atoms with E-state index in [4.69, 9.17) is 0 Å². The molecule has 0 saturated heterocycles. The fourth-order valence-corrected chi connectivity index (χ4v) is 3.10. The average molecular weight is 152 g/mol. The minimum Gasteiger partial charge on any atom is -0.0625 e. The first-order valence-electron chi connectivity index (χ1n) is 5.34. The van der Waals surface area contributed by atoms with Crippen LogP contribution in [-0.2, 0) is 0 Å². The summed E-state index contributed by atoms with van der Waals surface area (Å²) in [6, 6.07) is 0. The molecule has 0 amide bonds. The van der Waals surface area contributed by atoms with Crippen molar-refractivity contribution in [3.63, 3.8) is 0 Å². The van der Waals surface area contributed by atoms with Gasteiger partial charge in [0.2, 0.25) is 0 Å². The first kappa shape index (κ1) is 7.64. The van der Waals surface area contributed by atoms with Crippen LogP contribution in [0.5, 0.6) is 0 Å². The van der Waals surface area contributed by atoms with Crippen molar-refractivity contribution in [3.05, 3.63) is 0 Å². The Morgan fingerprint density at radius 3 is 2.55 bits per heavy atom. The summed E-state index contributed by atoms with van der Waals surface area (Å²) in [7, 11) is 0. The quantitative estimate of drug-likeness (QED) is 0.497. The molecule has 2 aliphatic rings. The average Bonchev–Trinajstić information content (AvgIpc) is 2.34. The smallest absolute Gasteiger partial charge is 0.0409 e. The fraction of sp³-hybridized carbons (Fsp3) is 1.00. The van der Waals surface area contributed by atoms with E-state index < -0.39 is 0 Å². The summed E-state index contributed by atoms with van der Waals surface area (Å²) >= 11 is 0. The van der Waals surface area contributed by atoms with Gasteiger partial charge in [-0.05, 0) is 30.6 Å². The molecule has 3 atom stereocenters. The van der Waals surface area contributed by atoms with Crippen LogP contribution in [0.4, 0.5) is 0 Å². The van der Waals surface area contributed by atoms with Crippen LogP contribution in [0, 0.1) is 17.8 Å². The monoisotopic (exact) mass is 152 g/mol. The second kappa shape index (κ2) is 3.16. The first-order valence-corrected chi connectivity index (χ1v) is 5.34. The molecular formula is C11H20. The molecule has 0 N–H and O–H groups in total. The summed E-state index contributed by atoms with van der Waals surface area (Å²) < 4.78 is 0. The van der Waals surface area contributed by atoms with Crippen molar-refractivity contribution in [3.8, 4) is 0 Å². The standard InChI is InChI=1S/C11H20/c1-9-3-2-4-10-5-6-11(7-9)8-10/h9-11H,2-8H2,1H3. The molecular weight excluding hydrogens is 132 g/mol. The van der Waals surface area contributed by atoms with Crippen LogP contribution in [0.15, 0.2) is 0 Å². The number of fused-ring (bicyclic) bond motifs is 2. The van der Waals surface area contributed by atoms with Gasteiger partial charge in [0.1, 0.15) is 0 Å². The lowest BCUT2D eigenvalue weighted by atomic mass is 9.86. The molecule has 2 aliphatic carbocycles. The summed E-state index contributed by atoms with van der Waals surface area (Å²) in [6.45, 7) is 2.44. The van der Waals surface area contributed by atoms with Crippen molar-refractivity contribution >= 4 is 0 Å². The maximum Gasteiger partial charge on any atom is -0.0409 e. The second-order valence-electron chi connectivity index (χ2n) is 4.82. The second-order valence-corrected chi connectivity index (χ2v) is 4.82. The Morgan fingerprint density at radius 1 is 0.818 bits per heavy atom. The van der Waals surface area contributed by atoms with Crippen LogP contribution in [0.1, 0.15) is 51.9 Å². The molecule has 11 heavy (non-hydrogen) atoms. The Hall–Kier alpha value is 0. The van der Waals surface area contributed by atoms with E-state index in [9.17, 15) is 0 Å². The molecule has 2 fully saturated rings. The minimum absolute atomic E-state index is 1.03. The molecule has 64 valence electrons. The third-order valence-corrected chi connectivity index (χ3v) is 3.69. The maximum absolute atomic E-state index is 2.44. The van der Waals surface area contributed by atoms with Crippen molar-refractivity contribution in [2.24, 2.45) is 17.8 Å². The van der Waals surface area contributed by atoms with E-state index in [1.807, 2.05) is 0 Å². The molecule has 0 aromatic carbocycles. The van der Waals surface area contributed by atoms with Gasteiger partial charge < -0.3 is 0 Å². The first-order chi connectivity index (χ1) is 5.34. The SMILES string of the molecule is CC1CCCC2CCC(C1)C2. The lowest BCUT2D eigenvalue weighted by Crippen LogP contribution is -2.07. The number of hydrogen-bond acceptors (Lipinski definition) is 0. The van der Waals surface area contributed by atoms with Gasteiger partial charge in [-0.3, -0.25) is 0 Å². The summed E-state index contributed by atoms with van der Waals surface area (Å²) in [6.07, 6.45) is 10.8. The van der Waals surface area contributed by atoms with Gasteiger partial charge in [0.25, 0.3) is 0 Å². The molecule has 0 aliphatic heterocycles. The maximum atomic E-state index is 2.44. The highest BCUT2D eigenvalue weighted by Crippen LogP contribution is 2.40. The van der Waals surface area contributed by atoms with E-state index in [1.165, 1.54) is 19.3 Å². The Balaban J connectivity index is 1.94. The zero-order chi connectivity index (χ0) is 7.68. The van der Waals surface area contributed by atoms with E-state index in [-0.39, 0.29) is 0 Å². The molecule has 0 heteroatoms. The Labute approximate surface area is 70.4 Å². The van der Waals surface area contributed by atoms with E-state index in [1.54, 1.807) is 25.7 Å². The highest BCUT2D eigenvalue weighted by molar-refractivity contribution is 4.79. The molecule has 0 radical (unpaired) electrons. The molecule has 3 unspecified atom stereocenters. The van der Waals surface area contributed by atoms with Gasteiger partial charge in [-0.2, -0.15) is 0 Å². The lowest BCUT2D eigenvalue weighted by molar-refractivity contribution is 0.319. The summed E-state index contributed by atoms with van der Waals surface area (Å²) in [5, 5.41) is 0. The molecule has 2 rings (SSSR count). The van der Waals surface area contributed by atoms with Gasteiger partial charge in [0.15, 0.2) is 0 Å². The number of rotatable bonds is 0. The zero-order valence-corrected chi connectivity index (χ0v) is 7.68. The molecule has 0 heterocycles. The van der Waals surface area contributed by atoms with Crippen LogP contribution in [-0.4, -0.2) is 0 Å². The molecule has 0 aromatic heterocycles. The van der Waals surface area contributed by atoms with Crippen LogP contribution >= 0.6 is 0 Å². The van der Waals surface area contributed by atoms with Gasteiger partial charge in [-0.25, -0.2) is 0 Å². The lowest BCUT2D eigenvalue weighted by Gasteiger charge is -2.20. The number of hydrogen-bond donors (Lipinski definition) is 0. The largest absolute Gasteiger partial charge is 0.0625 e. The van der Waals surface area contributed by atoms with E-state index in [0.29, 0.717) is 0 Å². The van der Waals surface area contributed by atoms with E-state index in [2.05, 4.69) is 6.92 Å². The zero-order valence-electron chi connectivity index (χ0n) is 7.68. The Bertz CT molecular complexity index is 128. The summed E-state index contributed by atoms with van der Waals surface area (Å²) in [4.78, 5) is 0. The van der Waals surface area contributed by atoms with Crippen LogP contribution in [0.2, 0.25) is 0 Å². The van der Waals surface area contributed by atoms with Crippen LogP contribution in [0.25, 0.3) is 0 Å². The molecule has 2 bridgehead atoms. The molecule has 0 nitrogen and oxygen atoms in total. The highest BCUT2D eigenvalue weighted by Gasteiger charge is 2.27.